The molecule has 0 aliphatic heterocycles. The molecule has 184 valence electrons. The van der Waals surface area contributed by atoms with Gasteiger partial charge in [-0.1, -0.05) is 42.1 Å². The van der Waals surface area contributed by atoms with Crippen LogP contribution in [0.4, 0.5) is 0 Å². The Balaban J connectivity index is 1.56. The van der Waals surface area contributed by atoms with Gasteiger partial charge in [0, 0.05) is 5.56 Å². The quantitative estimate of drug-likeness (QED) is 0.167. The van der Waals surface area contributed by atoms with Crippen LogP contribution in [0.15, 0.2) is 81.8 Å². The second kappa shape index (κ2) is 11.1. The van der Waals surface area contributed by atoms with E-state index in [1.165, 1.54) is 11.8 Å². The SMILES string of the molecule is COc1ccc(C(C)=NNC(=O)CSc2nc3ccccc3c(=O)n2-c2ccccc2C)cc1OC. The van der Waals surface area contributed by atoms with Crippen molar-refractivity contribution in [2.45, 2.75) is 19.0 Å². The summed E-state index contributed by atoms with van der Waals surface area (Å²) in [5.41, 5.74) is 6.03. The average molecular weight is 503 g/mol. The van der Waals surface area contributed by atoms with E-state index in [2.05, 4.69) is 15.5 Å². The third-order valence-electron chi connectivity index (χ3n) is 5.58. The van der Waals surface area contributed by atoms with E-state index >= 15 is 0 Å². The molecule has 0 fully saturated rings. The number of rotatable bonds is 8. The Labute approximate surface area is 213 Å². The second-order valence-electron chi connectivity index (χ2n) is 7.93. The van der Waals surface area contributed by atoms with Crippen molar-refractivity contribution in [2.24, 2.45) is 5.10 Å². The smallest absolute Gasteiger partial charge is 0.266 e. The van der Waals surface area contributed by atoms with Crippen molar-refractivity contribution in [3.8, 4) is 17.2 Å². The molecule has 0 radical (unpaired) electrons. The van der Waals surface area contributed by atoms with E-state index in [0.29, 0.717) is 33.3 Å². The highest BCUT2D eigenvalue weighted by molar-refractivity contribution is 7.99. The molecule has 36 heavy (non-hydrogen) atoms. The lowest BCUT2D eigenvalue weighted by Crippen LogP contribution is -2.25. The maximum absolute atomic E-state index is 13.4. The van der Waals surface area contributed by atoms with Crippen molar-refractivity contribution in [3.63, 3.8) is 0 Å². The van der Waals surface area contributed by atoms with Gasteiger partial charge in [-0.2, -0.15) is 5.10 Å². The summed E-state index contributed by atoms with van der Waals surface area (Å²) in [6, 6.07) is 20.2. The number of amides is 1. The molecule has 4 aromatic rings. The minimum Gasteiger partial charge on any atom is -0.493 e. The zero-order valence-corrected chi connectivity index (χ0v) is 21.3. The lowest BCUT2D eigenvalue weighted by atomic mass is 10.1. The van der Waals surface area contributed by atoms with Gasteiger partial charge >= 0.3 is 0 Å². The molecule has 0 saturated carbocycles. The molecule has 0 bridgehead atoms. The van der Waals surface area contributed by atoms with Crippen LogP contribution in [0, 0.1) is 6.92 Å². The van der Waals surface area contributed by atoms with Crippen LogP contribution in [-0.2, 0) is 4.79 Å². The van der Waals surface area contributed by atoms with Crippen LogP contribution in [0.5, 0.6) is 11.5 Å². The van der Waals surface area contributed by atoms with Crippen molar-refractivity contribution in [1.82, 2.24) is 15.0 Å². The Morgan fingerprint density at radius 2 is 1.75 bits per heavy atom. The fourth-order valence-corrected chi connectivity index (χ4v) is 4.47. The summed E-state index contributed by atoms with van der Waals surface area (Å²) in [5.74, 6) is 0.887. The number of hydrogen-bond acceptors (Lipinski definition) is 7. The van der Waals surface area contributed by atoms with Gasteiger partial charge in [0.15, 0.2) is 16.7 Å². The molecule has 0 unspecified atom stereocenters. The van der Waals surface area contributed by atoms with Gasteiger partial charge in [0.1, 0.15) is 0 Å². The molecule has 8 nitrogen and oxygen atoms in total. The lowest BCUT2D eigenvalue weighted by Gasteiger charge is -2.15. The third-order valence-corrected chi connectivity index (χ3v) is 6.52. The summed E-state index contributed by atoms with van der Waals surface area (Å²) in [4.78, 5) is 30.7. The van der Waals surface area contributed by atoms with E-state index in [1.807, 2.05) is 49.4 Å². The van der Waals surface area contributed by atoms with Crippen LogP contribution < -0.4 is 20.5 Å². The second-order valence-corrected chi connectivity index (χ2v) is 8.87. The summed E-state index contributed by atoms with van der Waals surface area (Å²) in [5, 5.41) is 5.17. The third kappa shape index (κ3) is 5.26. The number of thioether (sulfide) groups is 1. The Morgan fingerprint density at radius 3 is 2.50 bits per heavy atom. The number of hydrogen-bond donors (Lipinski definition) is 1. The maximum Gasteiger partial charge on any atom is 0.266 e. The number of methoxy groups -OCH3 is 2. The van der Waals surface area contributed by atoms with Gasteiger partial charge in [0.05, 0.1) is 42.3 Å². The fourth-order valence-electron chi connectivity index (χ4n) is 3.67. The average Bonchev–Trinajstić information content (AvgIpc) is 2.90. The lowest BCUT2D eigenvalue weighted by molar-refractivity contribution is -0.118. The molecule has 9 heteroatoms. The Bertz CT molecular complexity index is 1510. The molecule has 0 aliphatic rings. The van der Waals surface area contributed by atoms with Crippen molar-refractivity contribution >= 4 is 34.3 Å². The number of para-hydroxylation sites is 2. The van der Waals surface area contributed by atoms with Gasteiger partial charge in [-0.05, 0) is 55.8 Å². The van der Waals surface area contributed by atoms with Gasteiger partial charge in [0.25, 0.3) is 11.5 Å². The summed E-state index contributed by atoms with van der Waals surface area (Å²) >= 11 is 1.18. The Kier molecular flexibility index (Phi) is 7.70. The van der Waals surface area contributed by atoms with Gasteiger partial charge in [-0.3, -0.25) is 14.2 Å². The molecule has 3 aromatic carbocycles. The first kappa shape index (κ1) is 25.0. The molecule has 0 spiro atoms. The van der Waals surface area contributed by atoms with E-state index in [-0.39, 0.29) is 17.2 Å². The minimum absolute atomic E-state index is 0.0272. The van der Waals surface area contributed by atoms with Crippen molar-refractivity contribution < 1.29 is 14.3 Å². The first-order chi connectivity index (χ1) is 17.4. The highest BCUT2D eigenvalue weighted by atomic mass is 32.2. The Hall–Kier alpha value is -4.11. The monoisotopic (exact) mass is 502 g/mol. The molecule has 1 aromatic heterocycles. The molecule has 0 atom stereocenters. The van der Waals surface area contributed by atoms with Gasteiger partial charge in [0.2, 0.25) is 0 Å². The summed E-state index contributed by atoms with van der Waals surface area (Å²) in [6.45, 7) is 3.72. The number of ether oxygens (including phenoxy) is 2. The van der Waals surface area contributed by atoms with Crippen LogP contribution in [0.1, 0.15) is 18.1 Å². The zero-order valence-electron chi connectivity index (χ0n) is 20.4. The summed E-state index contributed by atoms with van der Waals surface area (Å²) in [7, 11) is 3.13. The molecule has 1 amide bonds. The molecule has 0 saturated heterocycles. The van der Waals surface area contributed by atoms with Crippen molar-refractivity contribution in [3.05, 3.63) is 88.2 Å². The largest absolute Gasteiger partial charge is 0.493 e. The number of nitrogens with one attached hydrogen (secondary N) is 1. The van der Waals surface area contributed by atoms with Crippen molar-refractivity contribution in [2.75, 3.05) is 20.0 Å². The highest BCUT2D eigenvalue weighted by Crippen LogP contribution is 2.28. The summed E-state index contributed by atoms with van der Waals surface area (Å²) in [6.07, 6.45) is 0. The van der Waals surface area contributed by atoms with Crippen LogP contribution in [0.2, 0.25) is 0 Å². The molecule has 4 rings (SSSR count). The normalized spacial score (nSPS) is 11.4. The predicted molar refractivity (Wildman–Crippen MR) is 143 cm³/mol. The minimum atomic E-state index is -0.321. The zero-order chi connectivity index (χ0) is 25.7. The van der Waals surface area contributed by atoms with Crippen LogP contribution in [0.3, 0.4) is 0 Å². The topological polar surface area (TPSA) is 94.8 Å². The number of carbonyl (C=O) groups is 1. The van der Waals surface area contributed by atoms with Gasteiger partial charge in [-0.25, -0.2) is 10.4 Å². The first-order valence-corrected chi connectivity index (χ1v) is 12.2. The molecule has 0 aliphatic carbocycles. The molecule has 1 heterocycles. The maximum atomic E-state index is 13.4. The fraction of sp³-hybridized carbons (Fsp3) is 0.185. The number of aryl methyl sites for hydroxylation is 1. The number of fused-ring (bicyclic) bond motifs is 1. The van der Waals surface area contributed by atoms with E-state index in [1.54, 1.807) is 50.0 Å². The van der Waals surface area contributed by atoms with E-state index in [9.17, 15) is 9.59 Å². The molecule has 1 N–H and O–H groups in total. The van der Waals surface area contributed by atoms with Crippen molar-refractivity contribution in [1.29, 1.82) is 0 Å². The molecular weight excluding hydrogens is 476 g/mol. The number of aromatic nitrogens is 2. The number of carbonyl (C=O) groups excluding carboxylic acids is 1. The summed E-state index contributed by atoms with van der Waals surface area (Å²) < 4.78 is 12.2. The number of benzene rings is 3. The van der Waals surface area contributed by atoms with Crippen LogP contribution in [-0.4, -0.2) is 41.1 Å². The molecular formula is C27H26N4O4S. The van der Waals surface area contributed by atoms with Crippen LogP contribution in [0.25, 0.3) is 16.6 Å². The Morgan fingerprint density at radius 1 is 1.03 bits per heavy atom. The number of hydrazone groups is 1. The van der Waals surface area contributed by atoms with Gasteiger partial charge in [-0.15, -0.1) is 0 Å². The van der Waals surface area contributed by atoms with E-state index in [0.717, 1.165) is 16.8 Å². The first-order valence-electron chi connectivity index (χ1n) is 11.2. The van der Waals surface area contributed by atoms with Gasteiger partial charge < -0.3 is 9.47 Å². The standard InChI is InChI=1S/C27H26N4O4S/c1-17-9-5-8-12-22(17)31-26(33)20-10-6-7-11-21(20)28-27(31)36-16-25(32)30-29-18(2)19-13-14-23(34-3)24(15-19)35-4/h5-15H,16H2,1-4H3,(H,30,32). The highest BCUT2D eigenvalue weighted by Gasteiger charge is 2.16. The van der Waals surface area contributed by atoms with Crippen LogP contribution >= 0.6 is 11.8 Å². The van der Waals surface area contributed by atoms with E-state index in [4.69, 9.17) is 9.47 Å². The van der Waals surface area contributed by atoms with E-state index < -0.39 is 0 Å². The number of nitrogens with zero attached hydrogens (tertiary/aromatic N) is 3. The predicted octanol–water partition coefficient (Wildman–Crippen LogP) is 4.34.